The molecule has 124 valence electrons. The Balaban J connectivity index is 2.12. The van der Waals surface area contributed by atoms with Crippen LogP contribution in [0.15, 0.2) is 35.3 Å². The molecule has 1 aromatic carbocycles. The second-order valence-corrected chi connectivity index (χ2v) is 7.28. The summed E-state index contributed by atoms with van der Waals surface area (Å²) < 4.78 is 7.00. The summed E-state index contributed by atoms with van der Waals surface area (Å²) in [5.74, 6) is 0.313. The zero-order valence-corrected chi connectivity index (χ0v) is 15.0. The third kappa shape index (κ3) is 4.14. The van der Waals surface area contributed by atoms with Gasteiger partial charge in [-0.15, -0.1) is 0 Å². The lowest BCUT2D eigenvalue weighted by atomic mass is 9.87. The van der Waals surface area contributed by atoms with Crippen molar-refractivity contribution in [2.24, 2.45) is 0 Å². The third-order valence-corrected chi connectivity index (χ3v) is 3.96. The lowest BCUT2D eigenvalue weighted by Crippen LogP contribution is -2.25. The van der Waals surface area contributed by atoms with Gasteiger partial charge in [-0.2, -0.15) is 5.10 Å². The topological polar surface area (TPSA) is 44.1 Å². The first kappa shape index (κ1) is 17.5. The smallest absolute Gasteiger partial charge is 0.289 e. The summed E-state index contributed by atoms with van der Waals surface area (Å²) in [4.78, 5) is 12.1. The Bertz CT molecular complexity index is 728. The molecule has 0 radical (unpaired) electrons. The molecule has 0 unspecified atom stereocenters. The maximum absolute atomic E-state index is 12.1. The molecule has 0 N–H and O–H groups in total. The van der Waals surface area contributed by atoms with Gasteiger partial charge in [0, 0.05) is 0 Å². The van der Waals surface area contributed by atoms with Crippen molar-refractivity contribution in [1.82, 2.24) is 9.78 Å². The minimum atomic E-state index is -0.331. The van der Waals surface area contributed by atoms with E-state index in [1.165, 1.54) is 16.4 Å². The average molecular weight is 335 g/mol. The van der Waals surface area contributed by atoms with Crippen molar-refractivity contribution >= 4 is 11.6 Å². The molecule has 2 aromatic rings. The molecule has 0 aliphatic rings. The normalized spacial score (nSPS) is 11.8. The summed E-state index contributed by atoms with van der Waals surface area (Å²) in [5, 5.41) is 4.16. The van der Waals surface area contributed by atoms with E-state index in [2.05, 4.69) is 38.0 Å². The highest BCUT2D eigenvalue weighted by Gasteiger charge is 2.14. The fourth-order valence-electron chi connectivity index (χ4n) is 2.16. The molecule has 0 saturated heterocycles. The maximum atomic E-state index is 12.1. The van der Waals surface area contributed by atoms with Crippen LogP contribution in [0.5, 0.6) is 5.75 Å². The number of halogens is 1. The van der Waals surface area contributed by atoms with Crippen molar-refractivity contribution in [1.29, 1.82) is 0 Å². The Labute approximate surface area is 142 Å². The molecule has 0 atom stereocenters. The first-order valence-corrected chi connectivity index (χ1v) is 8.07. The number of hydrogen-bond donors (Lipinski definition) is 0. The largest absolute Gasteiger partial charge is 0.485 e. The summed E-state index contributed by atoms with van der Waals surface area (Å²) >= 11 is 6.10. The van der Waals surface area contributed by atoms with Gasteiger partial charge in [-0.25, -0.2) is 4.68 Å². The fourth-order valence-corrected chi connectivity index (χ4v) is 2.35. The van der Waals surface area contributed by atoms with E-state index in [0.29, 0.717) is 12.4 Å². The fraction of sp³-hybridized carbons (Fsp3) is 0.444. The van der Waals surface area contributed by atoms with Crippen LogP contribution in [0.1, 0.15) is 51.8 Å². The van der Waals surface area contributed by atoms with E-state index in [-0.39, 0.29) is 22.0 Å². The van der Waals surface area contributed by atoms with Gasteiger partial charge in [0.05, 0.1) is 12.2 Å². The van der Waals surface area contributed by atoms with E-state index in [0.717, 1.165) is 5.56 Å². The molecule has 0 amide bonds. The number of rotatable bonds is 4. The maximum Gasteiger partial charge on any atom is 0.289 e. The van der Waals surface area contributed by atoms with Crippen molar-refractivity contribution < 1.29 is 4.74 Å². The van der Waals surface area contributed by atoms with E-state index in [4.69, 9.17) is 16.3 Å². The molecule has 23 heavy (non-hydrogen) atoms. The van der Waals surface area contributed by atoms with Crippen LogP contribution in [-0.2, 0) is 12.0 Å². The molecule has 1 aromatic heterocycles. The van der Waals surface area contributed by atoms with E-state index in [9.17, 15) is 4.79 Å². The predicted octanol–water partition coefficient (Wildman–Crippen LogP) is 4.35. The first-order valence-electron chi connectivity index (χ1n) is 7.69. The van der Waals surface area contributed by atoms with Gasteiger partial charge in [0.25, 0.3) is 5.56 Å². The van der Waals surface area contributed by atoms with Gasteiger partial charge in [0.2, 0.25) is 0 Å². The highest BCUT2D eigenvalue weighted by molar-refractivity contribution is 6.31. The van der Waals surface area contributed by atoms with Crippen LogP contribution in [0.2, 0.25) is 5.02 Å². The minimum absolute atomic E-state index is 0.0426. The zero-order valence-electron chi connectivity index (χ0n) is 14.3. The molecule has 0 saturated carbocycles. The molecule has 0 fully saturated rings. The summed E-state index contributed by atoms with van der Waals surface area (Å²) in [7, 11) is 0. The van der Waals surface area contributed by atoms with Crippen molar-refractivity contribution in [3.05, 3.63) is 57.0 Å². The summed E-state index contributed by atoms with van der Waals surface area (Å²) in [6.45, 7) is 10.6. The van der Waals surface area contributed by atoms with Crippen LogP contribution >= 0.6 is 11.6 Å². The van der Waals surface area contributed by atoms with Gasteiger partial charge in [-0.3, -0.25) is 4.79 Å². The third-order valence-electron chi connectivity index (χ3n) is 3.62. The predicted molar refractivity (Wildman–Crippen MR) is 93.4 cm³/mol. The Morgan fingerprint density at radius 3 is 2.35 bits per heavy atom. The van der Waals surface area contributed by atoms with Crippen molar-refractivity contribution in [2.75, 3.05) is 0 Å². The molecule has 0 aliphatic heterocycles. The molecule has 0 spiro atoms. The molecule has 4 nitrogen and oxygen atoms in total. The van der Waals surface area contributed by atoms with Crippen LogP contribution in [-0.4, -0.2) is 9.78 Å². The zero-order chi connectivity index (χ0) is 17.2. The van der Waals surface area contributed by atoms with Gasteiger partial charge >= 0.3 is 0 Å². The van der Waals surface area contributed by atoms with E-state index in [1.807, 2.05) is 26.0 Å². The monoisotopic (exact) mass is 334 g/mol. The van der Waals surface area contributed by atoms with Gasteiger partial charge in [-0.1, -0.05) is 56.6 Å². The van der Waals surface area contributed by atoms with Gasteiger partial charge < -0.3 is 4.74 Å². The molecule has 0 bridgehead atoms. The Hall–Kier alpha value is -1.81. The van der Waals surface area contributed by atoms with Gasteiger partial charge in [0.1, 0.15) is 6.61 Å². The molecule has 0 aliphatic carbocycles. The molecule has 2 rings (SSSR count). The van der Waals surface area contributed by atoms with Crippen LogP contribution in [0.25, 0.3) is 0 Å². The quantitative estimate of drug-likeness (QED) is 0.834. The number of aromatic nitrogens is 2. The van der Waals surface area contributed by atoms with Gasteiger partial charge in [-0.05, 0) is 30.4 Å². The van der Waals surface area contributed by atoms with Crippen molar-refractivity contribution in [3.63, 3.8) is 0 Å². The molecule has 5 heteroatoms. The minimum Gasteiger partial charge on any atom is -0.485 e. The van der Waals surface area contributed by atoms with Crippen molar-refractivity contribution in [2.45, 2.75) is 52.7 Å². The van der Waals surface area contributed by atoms with E-state index < -0.39 is 0 Å². The highest BCUT2D eigenvalue weighted by atomic mass is 35.5. The molecular weight excluding hydrogens is 312 g/mol. The van der Waals surface area contributed by atoms with Crippen LogP contribution in [0.3, 0.4) is 0 Å². The van der Waals surface area contributed by atoms with Crippen molar-refractivity contribution in [3.8, 4) is 5.75 Å². The second kappa shape index (κ2) is 6.75. The van der Waals surface area contributed by atoms with Crippen LogP contribution in [0, 0.1) is 0 Å². The molecule has 1 heterocycles. The Morgan fingerprint density at radius 1 is 1.22 bits per heavy atom. The standard InChI is InChI=1S/C18H23ClN2O2/c1-12(2)21-17(22)16(19)15(10-20-21)23-11-13-6-8-14(9-7-13)18(3,4)5/h6-10,12H,11H2,1-5H3. The number of benzene rings is 1. The highest BCUT2D eigenvalue weighted by Crippen LogP contribution is 2.24. The first-order chi connectivity index (χ1) is 10.7. The lowest BCUT2D eigenvalue weighted by molar-refractivity contribution is 0.301. The Kier molecular flexibility index (Phi) is 5.15. The summed E-state index contributed by atoms with van der Waals surface area (Å²) in [5.41, 5.74) is 2.07. The summed E-state index contributed by atoms with van der Waals surface area (Å²) in [6, 6.07) is 8.19. The van der Waals surface area contributed by atoms with Crippen LogP contribution < -0.4 is 10.3 Å². The SMILES string of the molecule is CC(C)n1ncc(OCc2ccc(C(C)(C)C)cc2)c(Cl)c1=O. The second-order valence-electron chi connectivity index (χ2n) is 6.90. The average Bonchev–Trinajstić information content (AvgIpc) is 2.48. The van der Waals surface area contributed by atoms with E-state index in [1.54, 1.807) is 0 Å². The van der Waals surface area contributed by atoms with Crippen LogP contribution in [0.4, 0.5) is 0 Å². The van der Waals surface area contributed by atoms with E-state index >= 15 is 0 Å². The number of nitrogens with zero attached hydrogens (tertiary/aromatic N) is 2. The Morgan fingerprint density at radius 2 is 1.83 bits per heavy atom. The summed E-state index contributed by atoms with van der Waals surface area (Å²) in [6.07, 6.45) is 1.49. The van der Waals surface area contributed by atoms with Gasteiger partial charge in [0.15, 0.2) is 10.8 Å². The molecular formula is C18H23ClN2O2. The number of ether oxygens (including phenoxy) is 1. The lowest BCUT2D eigenvalue weighted by Gasteiger charge is -2.19. The number of hydrogen-bond acceptors (Lipinski definition) is 3.